The molecule has 5 aromatic rings. The van der Waals surface area contributed by atoms with Crippen LogP contribution in [0, 0.1) is 6.92 Å². The Kier molecular flexibility index (Phi) is 4.88. The van der Waals surface area contributed by atoms with Gasteiger partial charge in [-0.2, -0.15) is 10.2 Å². The Hall–Kier alpha value is -3.71. The van der Waals surface area contributed by atoms with Crippen molar-refractivity contribution in [1.29, 1.82) is 0 Å². The minimum Gasteiger partial charge on any atom is -0.346 e. The summed E-state index contributed by atoms with van der Waals surface area (Å²) < 4.78 is 1.75. The van der Waals surface area contributed by atoms with Gasteiger partial charge in [0, 0.05) is 27.7 Å². The first kappa shape index (κ1) is 19.3. The third kappa shape index (κ3) is 4.00. The van der Waals surface area contributed by atoms with Crippen LogP contribution in [0.3, 0.4) is 0 Å². The largest absolute Gasteiger partial charge is 0.346 e. The fourth-order valence-electron chi connectivity index (χ4n) is 3.57. The van der Waals surface area contributed by atoms with Crippen LogP contribution in [0.4, 0.5) is 0 Å². The van der Waals surface area contributed by atoms with Gasteiger partial charge in [-0.15, -0.1) is 0 Å². The maximum absolute atomic E-state index is 12.6. The second kappa shape index (κ2) is 7.85. The van der Waals surface area contributed by atoms with Crippen molar-refractivity contribution in [3.05, 3.63) is 88.5 Å². The lowest BCUT2D eigenvalue weighted by Crippen LogP contribution is -2.22. The van der Waals surface area contributed by atoms with Gasteiger partial charge in [0.05, 0.1) is 41.6 Å². The van der Waals surface area contributed by atoms with Crippen LogP contribution in [0.1, 0.15) is 27.3 Å². The van der Waals surface area contributed by atoms with Crippen LogP contribution < -0.4 is 5.32 Å². The number of halogens is 1. The minimum atomic E-state index is -0.200. The molecule has 0 aliphatic carbocycles. The summed E-state index contributed by atoms with van der Waals surface area (Å²) in [6, 6.07) is 15.7. The highest BCUT2D eigenvalue weighted by Gasteiger charge is 2.11. The molecule has 0 bridgehead atoms. The predicted octanol–water partition coefficient (Wildman–Crippen LogP) is 4.25. The van der Waals surface area contributed by atoms with E-state index in [1.807, 2.05) is 37.3 Å². The normalized spacial score (nSPS) is 11.3. The van der Waals surface area contributed by atoms with E-state index in [1.165, 1.54) is 0 Å². The number of H-pyrrole nitrogens is 1. The summed E-state index contributed by atoms with van der Waals surface area (Å²) in [5.74, 6) is -0.200. The molecule has 7 nitrogen and oxygen atoms in total. The summed E-state index contributed by atoms with van der Waals surface area (Å²) in [5.41, 5.74) is 5.17. The summed E-state index contributed by atoms with van der Waals surface area (Å²) in [6.07, 6.45) is 3.32. The molecule has 8 heteroatoms. The molecule has 0 saturated heterocycles. The number of aromatic nitrogens is 5. The number of fused-ring (bicyclic) bond motifs is 2. The zero-order valence-corrected chi connectivity index (χ0v) is 17.5. The number of aryl methyl sites for hydroxylation is 1. The van der Waals surface area contributed by atoms with Gasteiger partial charge >= 0.3 is 0 Å². The fourth-order valence-corrected chi connectivity index (χ4v) is 3.74. The molecule has 3 aromatic heterocycles. The Morgan fingerprint density at radius 1 is 1.13 bits per heavy atom. The molecule has 2 aromatic carbocycles. The number of hydrogen-bond acceptors (Lipinski definition) is 4. The van der Waals surface area contributed by atoms with E-state index in [9.17, 15) is 4.79 Å². The van der Waals surface area contributed by atoms with Gasteiger partial charge in [0.2, 0.25) is 0 Å². The Bertz CT molecular complexity index is 1420. The van der Waals surface area contributed by atoms with E-state index in [1.54, 1.807) is 23.1 Å². The van der Waals surface area contributed by atoms with Gasteiger partial charge in [-0.1, -0.05) is 23.7 Å². The molecule has 0 unspecified atom stereocenters. The molecule has 3 heterocycles. The number of carbonyl (C=O) groups excluding carboxylic acids is 1. The molecule has 154 valence electrons. The van der Waals surface area contributed by atoms with Crippen LogP contribution in [0.25, 0.3) is 21.8 Å². The zero-order valence-electron chi connectivity index (χ0n) is 16.8. The van der Waals surface area contributed by atoms with Gasteiger partial charge in [0.1, 0.15) is 0 Å². The molecule has 0 atom stereocenters. The van der Waals surface area contributed by atoms with Crippen molar-refractivity contribution in [3.63, 3.8) is 0 Å². The number of benzene rings is 2. The van der Waals surface area contributed by atoms with Gasteiger partial charge in [0.25, 0.3) is 5.91 Å². The summed E-state index contributed by atoms with van der Waals surface area (Å²) in [4.78, 5) is 17.1. The maximum Gasteiger partial charge on any atom is 0.254 e. The van der Waals surface area contributed by atoms with Crippen molar-refractivity contribution in [3.8, 4) is 0 Å². The van der Waals surface area contributed by atoms with Gasteiger partial charge in [0.15, 0.2) is 0 Å². The highest BCUT2D eigenvalue weighted by molar-refractivity contribution is 6.31. The minimum absolute atomic E-state index is 0.200. The SMILES string of the molecule is Cc1ccc2cc(Cn3cc(C(=O)NCc4[nH]nc5ccc(Cl)cc45)cn3)ccc2n1. The van der Waals surface area contributed by atoms with Crippen LogP contribution in [0.15, 0.2) is 60.9 Å². The predicted molar refractivity (Wildman–Crippen MR) is 120 cm³/mol. The molecule has 0 spiro atoms. The number of amides is 1. The maximum atomic E-state index is 12.6. The van der Waals surface area contributed by atoms with E-state index in [0.717, 1.165) is 38.8 Å². The monoisotopic (exact) mass is 430 g/mol. The first-order chi connectivity index (χ1) is 15.0. The van der Waals surface area contributed by atoms with Crippen LogP contribution in [0.2, 0.25) is 5.02 Å². The summed E-state index contributed by atoms with van der Waals surface area (Å²) >= 11 is 6.07. The molecule has 0 saturated carbocycles. The highest BCUT2D eigenvalue weighted by atomic mass is 35.5. The second-order valence-corrected chi connectivity index (χ2v) is 7.89. The summed E-state index contributed by atoms with van der Waals surface area (Å²) in [6.45, 7) is 2.87. The zero-order chi connectivity index (χ0) is 21.4. The van der Waals surface area contributed by atoms with Crippen LogP contribution in [0.5, 0.6) is 0 Å². The Labute approximate surface area is 183 Å². The molecule has 31 heavy (non-hydrogen) atoms. The third-order valence-corrected chi connectivity index (χ3v) is 5.39. The smallest absolute Gasteiger partial charge is 0.254 e. The van der Waals surface area contributed by atoms with Crippen molar-refractivity contribution in [2.45, 2.75) is 20.0 Å². The van der Waals surface area contributed by atoms with Crippen LogP contribution in [-0.2, 0) is 13.1 Å². The number of carbonyl (C=O) groups is 1. The van der Waals surface area contributed by atoms with Crippen molar-refractivity contribution in [2.24, 2.45) is 0 Å². The Balaban J connectivity index is 1.27. The van der Waals surface area contributed by atoms with E-state index < -0.39 is 0 Å². The van der Waals surface area contributed by atoms with Crippen molar-refractivity contribution in [2.75, 3.05) is 0 Å². The number of nitrogens with one attached hydrogen (secondary N) is 2. The standard InChI is InChI=1S/C23H19ClN6O/c1-14-2-4-16-8-15(3-6-20(16)27-14)12-30-13-17(10-26-30)23(31)25-11-22-19-9-18(24)5-7-21(19)28-29-22/h2-10,13H,11-12H2,1H3,(H,25,31)(H,28,29). The number of rotatable bonds is 5. The summed E-state index contributed by atoms with van der Waals surface area (Å²) in [5, 5.41) is 17.0. The average molecular weight is 431 g/mol. The first-order valence-electron chi connectivity index (χ1n) is 9.84. The molecule has 0 aliphatic rings. The number of aromatic amines is 1. The summed E-state index contributed by atoms with van der Waals surface area (Å²) in [7, 11) is 0. The van der Waals surface area contributed by atoms with E-state index in [0.29, 0.717) is 23.7 Å². The fraction of sp³-hybridized carbons (Fsp3) is 0.130. The van der Waals surface area contributed by atoms with Crippen molar-refractivity contribution < 1.29 is 4.79 Å². The number of hydrogen-bond donors (Lipinski definition) is 2. The molecular formula is C23H19ClN6O. The van der Waals surface area contributed by atoms with Crippen molar-refractivity contribution >= 4 is 39.3 Å². The second-order valence-electron chi connectivity index (χ2n) is 7.45. The van der Waals surface area contributed by atoms with Crippen molar-refractivity contribution in [1.82, 2.24) is 30.3 Å². The van der Waals surface area contributed by atoms with Gasteiger partial charge in [-0.3, -0.25) is 19.6 Å². The lowest BCUT2D eigenvalue weighted by Gasteiger charge is -2.05. The van der Waals surface area contributed by atoms with E-state index >= 15 is 0 Å². The molecule has 0 aliphatic heterocycles. The average Bonchev–Trinajstić information content (AvgIpc) is 3.39. The lowest BCUT2D eigenvalue weighted by molar-refractivity contribution is 0.0950. The van der Waals surface area contributed by atoms with E-state index in [2.05, 4.69) is 37.7 Å². The Morgan fingerprint density at radius 3 is 2.90 bits per heavy atom. The van der Waals surface area contributed by atoms with Gasteiger partial charge < -0.3 is 5.32 Å². The molecular weight excluding hydrogens is 412 g/mol. The topological polar surface area (TPSA) is 88.5 Å². The van der Waals surface area contributed by atoms with Gasteiger partial charge in [-0.05, 0) is 48.9 Å². The molecule has 0 fully saturated rings. The molecule has 1 amide bonds. The van der Waals surface area contributed by atoms with Crippen LogP contribution >= 0.6 is 11.6 Å². The number of pyridine rings is 1. The lowest BCUT2D eigenvalue weighted by atomic mass is 10.1. The molecule has 5 rings (SSSR count). The molecule has 0 radical (unpaired) electrons. The van der Waals surface area contributed by atoms with Crippen LogP contribution in [-0.4, -0.2) is 30.9 Å². The molecule has 2 N–H and O–H groups in total. The van der Waals surface area contributed by atoms with E-state index in [-0.39, 0.29) is 5.91 Å². The highest BCUT2D eigenvalue weighted by Crippen LogP contribution is 2.20. The number of nitrogens with zero attached hydrogens (tertiary/aromatic N) is 4. The van der Waals surface area contributed by atoms with E-state index in [4.69, 9.17) is 11.6 Å². The van der Waals surface area contributed by atoms with Gasteiger partial charge in [-0.25, -0.2) is 0 Å². The Morgan fingerprint density at radius 2 is 2.00 bits per heavy atom. The quantitative estimate of drug-likeness (QED) is 0.436. The first-order valence-corrected chi connectivity index (χ1v) is 10.2. The third-order valence-electron chi connectivity index (χ3n) is 5.15.